The molecule has 0 radical (unpaired) electrons. The third-order valence-corrected chi connectivity index (χ3v) is 4.42. The Balaban J connectivity index is 1.48. The highest BCUT2D eigenvalue weighted by Gasteiger charge is 2.10. The van der Waals surface area contributed by atoms with E-state index in [1.54, 1.807) is 24.3 Å². The molecule has 4 heteroatoms. The maximum absolute atomic E-state index is 12.0. The van der Waals surface area contributed by atoms with Gasteiger partial charge in [0.15, 0.2) is 0 Å². The molecule has 0 saturated carbocycles. The highest BCUT2D eigenvalue weighted by atomic mass is 35.5. The van der Waals surface area contributed by atoms with Crippen molar-refractivity contribution < 1.29 is 9.53 Å². The number of fused-ring (bicyclic) bond motifs is 1. The summed E-state index contributed by atoms with van der Waals surface area (Å²) in [6.07, 6.45) is 4.84. The first-order valence-electron chi connectivity index (χ1n) is 8.01. The van der Waals surface area contributed by atoms with Crippen LogP contribution in [0.25, 0.3) is 0 Å². The molecule has 0 unspecified atom stereocenters. The van der Waals surface area contributed by atoms with Crippen LogP contribution in [0.5, 0.6) is 5.75 Å². The summed E-state index contributed by atoms with van der Waals surface area (Å²) in [5.41, 5.74) is 3.33. The first kappa shape index (κ1) is 15.9. The van der Waals surface area contributed by atoms with Crippen LogP contribution in [0.2, 0.25) is 5.02 Å². The van der Waals surface area contributed by atoms with Gasteiger partial charge in [-0.3, -0.25) is 4.79 Å². The Morgan fingerprint density at radius 2 is 1.87 bits per heavy atom. The van der Waals surface area contributed by atoms with Crippen LogP contribution in [-0.4, -0.2) is 19.1 Å². The van der Waals surface area contributed by atoms with Gasteiger partial charge < -0.3 is 10.1 Å². The number of amides is 1. The van der Waals surface area contributed by atoms with Gasteiger partial charge in [-0.1, -0.05) is 29.8 Å². The van der Waals surface area contributed by atoms with Crippen molar-refractivity contribution in [3.05, 3.63) is 64.2 Å². The van der Waals surface area contributed by atoms with Gasteiger partial charge in [0.05, 0.1) is 17.1 Å². The molecule has 1 amide bonds. The summed E-state index contributed by atoms with van der Waals surface area (Å²) in [7, 11) is 0. The Morgan fingerprint density at radius 1 is 1.09 bits per heavy atom. The number of halogens is 1. The smallest absolute Gasteiger partial charge is 0.252 e. The van der Waals surface area contributed by atoms with E-state index in [9.17, 15) is 4.79 Å². The zero-order valence-corrected chi connectivity index (χ0v) is 13.7. The number of aryl methyl sites for hydroxylation is 2. The molecule has 2 aromatic carbocycles. The van der Waals surface area contributed by atoms with Crippen LogP contribution < -0.4 is 10.1 Å². The van der Waals surface area contributed by atoms with Crippen molar-refractivity contribution in [1.82, 2.24) is 5.32 Å². The molecule has 0 fully saturated rings. The minimum atomic E-state index is -0.176. The number of nitrogens with one attached hydrogen (secondary N) is 1. The second kappa shape index (κ2) is 7.51. The van der Waals surface area contributed by atoms with E-state index in [1.165, 1.54) is 30.4 Å². The maximum atomic E-state index is 12.0. The van der Waals surface area contributed by atoms with Crippen LogP contribution in [0.15, 0.2) is 42.5 Å². The zero-order chi connectivity index (χ0) is 16.1. The largest absolute Gasteiger partial charge is 0.492 e. The molecule has 0 aromatic heterocycles. The molecule has 1 aliphatic rings. The second-order valence-corrected chi connectivity index (χ2v) is 6.13. The zero-order valence-electron chi connectivity index (χ0n) is 13.0. The minimum Gasteiger partial charge on any atom is -0.492 e. The standard InChI is InChI=1S/C19H20ClNO2/c20-18-8-4-3-7-17(18)19(22)21-11-12-23-16-10-9-14-5-1-2-6-15(14)13-16/h3-4,7-10,13H,1-2,5-6,11-12H2,(H,21,22). The fourth-order valence-electron chi connectivity index (χ4n) is 2.87. The lowest BCUT2D eigenvalue weighted by Crippen LogP contribution is -2.28. The van der Waals surface area contributed by atoms with Gasteiger partial charge in [-0.05, 0) is 61.1 Å². The summed E-state index contributed by atoms with van der Waals surface area (Å²) in [6, 6.07) is 13.3. The molecule has 0 heterocycles. The molecule has 3 nitrogen and oxygen atoms in total. The fourth-order valence-corrected chi connectivity index (χ4v) is 3.10. The number of rotatable bonds is 5. The first-order chi connectivity index (χ1) is 11.2. The topological polar surface area (TPSA) is 38.3 Å². The fraction of sp³-hybridized carbons (Fsp3) is 0.316. The normalized spacial score (nSPS) is 13.3. The molecule has 120 valence electrons. The second-order valence-electron chi connectivity index (χ2n) is 5.72. The third kappa shape index (κ3) is 4.05. The quantitative estimate of drug-likeness (QED) is 0.841. The van der Waals surface area contributed by atoms with Gasteiger partial charge in [-0.2, -0.15) is 0 Å². The Bertz CT molecular complexity index is 700. The van der Waals surface area contributed by atoms with E-state index in [4.69, 9.17) is 16.3 Å². The van der Waals surface area contributed by atoms with Crippen molar-refractivity contribution in [2.24, 2.45) is 0 Å². The number of hydrogen-bond donors (Lipinski definition) is 1. The summed E-state index contributed by atoms with van der Waals surface area (Å²) in [5.74, 6) is 0.697. The predicted octanol–water partition coefficient (Wildman–Crippen LogP) is 4.03. The molecule has 0 spiro atoms. The molecule has 0 aliphatic heterocycles. The highest BCUT2D eigenvalue weighted by Crippen LogP contribution is 2.25. The molecular formula is C19H20ClNO2. The lowest BCUT2D eigenvalue weighted by molar-refractivity contribution is 0.0947. The lowest BCUT2D eigenvalue weighted by Gasteiger charge is -2.17. The lowest BCUT2D eigenvalue weighted by atomic mass is 9.92. The van der Waals surface area contributed by atoms with E-state index in [-0.39, 0.29) is 5.91 Å². The van der Waals surface area contributed by atoms with Crippen molar-refractivity contribution >= 4 is 17.5 Å². The van der Waals surface area contributed by atoms with E-state index < -0.39 is 0 Å². The van der Waals surface area contributed by atoms with E-state index in [2.05, 4.69) is 17.4 Å². The van der Waals surface area contributed by atoms with Crippen LogP contribution >= 0.6 is 11.6 Å². The molecule has 1 N–H and O–H groups in total. The number of carbonyl (C=O) groups is 1. The van der Waals surface area contributed by atoms with Crippen LogP contribution in [0.1, 0.15) is 34.3 Å². The minimum absolute atomic E-state index is 0.176. The van der Waals surface area contributed by atoms with Crippen LogP contribution in [-0.2, 0) is 12.8 Å². The van der Waals surface area contributed by atoms with Gasteiger partial charge in [-0.15, -0.1) is 0 Å². The average Bonchev–Trinajstić information content (AvgIpc) is 2.59. The van der Waals surface area contributed by atoms with Crippen LogP contribution in [0.4, 0.5) is 0 Å². The van der Waals surface area contributed by atoms with E-state index in [0.717, 1.165) is 12.2 Å². The first-order valence-corrected chi connectivity index (χ1v) is 8.39. The predicted molar refractivity (Wildman–Crippen MR) is 92.4 cm³/mol. The van der Waals surface area contributed by atoms with Gasteiger partial charge >= 0.3 is 0 Å². The summed E-state index contributed by atoms with van der Waals surface area (Å²) in [4.78, 5) is 12.0. The summed E-state index contributed by atoms with van der Waals surface area (Å²) in [5, 5.41) is 3.28. The van der Waals surface area contributed by atoms with Gasteiger partial charge in [0.1, 0.15) is 12.4 Å². The van der Waals surface area contributed by atoms with Gasteiger partial charge in [0, 0.05) is 0 Å². The Labute approximate surface area is 141 Å². The summed E-state index contributed by atoms with van der Waals surface area (Å²) < 4.78 is 5.74. The van der Waals surface area contributed by atoms with Crippen molar-refractivity contribution in [3.8, 4) is 5.75 Å². The van der Waals surface area contributed by atoms with Crippen molar-refractivity contribution in [1.29, 1.82) is 0 Å². The van der Waals surface area contributed by atoms with Gasteiger partial charge in [0.2, 0.25) is 0 Å². The number of hydrogen-bond acceptors (Lipinski definition) is 2. The molecule has 0 saturated heterocycles. The Kier molecular flexibility index (Phi) is 5.19. The summed E-state index contributed by atoms with van der Waals surface area (Å²) >= 11 is 6.00. The van der Waals surface area contributed by atoms with Gasteiger partial charge in [0.25, 0.3) is 5.91 Å². The highest BCUT2D eigenvalue weighted by molar-refractivity contribution is 6.33. The number of benzene rings is 2. The van der Waals surface area contributed by atoms with Crippen LogP contribution in [0.3, 0.4) is 0 Å². The average molecular weight is 330 g/mol. The van der Waals surface area contributed by atoms with Crippen molar-refractivity contribution in [3.63, 3.8) is 0 Å². The Morgan fingerprint density at radius 3 is 2.70 bits per heavy atom. The third-order valence-electron chi connectivity index (χ3n) is 4.09. The molecule has 1 aliphatic carbocycles. The molecule has 2 aromatic rings. The molecule has 0 atom stereocenters. The number of ether oxygens (including phenoxy) is 1. The molecule has 0 bridgehead atoms. The van der Waals surface area contributed by atoms with Crippen molar-refractivity contribution in [2.75, 3.05) is 13.2 Å². The molecule has 3 rings (SSSR count). The van der Waals surface area contributed by atoms with Crippen molar-refractivity contribution in [2.45, 2.75) is 25.7 Å². The van der Waals surface area contributed by atoms with Gasteiger partial charge in [-0.25, -0.2) is 0 Å². The molecular weight excluding hydrogens is 310 g/mol. The van der Waals surface area contributed by atoms with Crippen LogP contribution in [0, 0.1) is 0 Å². The number of carbonyl (C=O) groups excluding carboxylic acids is 1. The monoisotopic (exact) mass is 329 g/mol. The maximum Gasteiger partial charge on any atom is 0.252 e. The Hall–Kier alpha value is -2.00. The SMILES string of the molecule is O=C(NCCOc1ccc2c(c1)CCCC2)c1ccccc1Cl. The van der Waals surface area contributed by atoms with E-state index in [0.29, 0.717) is 23.7 Å². The van der Waals surface area contributed by atoms with E-state index in [1.807, 2.05) is 6.07 Å². The summed E-state index contributed by atoms with van der Waals surface area (Å²) in [6.45, 7) is 0.885. The van der Waals surface area contributed by atoms with E-state index >= 15 is 0 Å². The molecule has 23 heavy (non-hydrogen) atoms.